The third-order valence-electron chi connectivity index (χ3n) is 4.24. The number of hydrogen-bond donors (Lipinski definition) is 8. The van der Waals surface area contributed by atoms with Gasteiger partial charge in [-0.15, -0.1) is 10.3 Å². The Labute approximate surface area is 174 Å². The number of hydrazone groups is 1. The minimum atomic E-state index is -1.45. The Balaban J connectivity index is 2.03. The molecule has 0 saturated heterocycles. The molecule has 0 fully saturated rings. The van der Waals surface area contributed by atoms with Crippen molar-refractivity contribution in [3.05, 3.63) is 69.5 Å². The van der Waals surface area contributed by atoms with E-state index in [1.165, 1.54) is 42.5 Å². The van der Waals surface area contributed by atoms with Gasteiger partial charge in [-0.3, -0.25) is 30.7 Å². The van der Waals surface area contributed by atoms with Crippen LogP contribution in [0.3, 0.4) is 0 Å². The smallest absolute Gasteiger partial charge is 0.274 e. The van der Waals surface area contributed by atoms with Gasteiger partial charge in [0.05, 0.1) is 27.7 Å². The van der Waals surface area contributed by atoms with Crippen molar-refractivity contribution < 1.29 is 25.2 Å². The van der Waals surface area contributed by atoms with Crippen LogP contribution >= 0.6 is 0 Å². The second-order valence-corrected chi connectivity index (χ2v) is 6.29. The summed E-state index contributed by atoms with van der Waals surface area (Å²) in [5.74, 6) is -1.09. The second-order valence-electron chi connectivity index (χ2n) is 6.29. The standard InChI is InChI=1S/C17H18N8O6/c18-17(19)23-22-13(15(26)8-1-3-9(4-2-8)24(28)29)14-16(27)21-12-7-10(25(30)31)5-6-11(12)20-14/h1-7,15,20,22,26,28-29H,(H,21,27)(H4,18,19,23)/b14-13-. The van der Waals surface area contributed by atoms with E-state index in [1.54, 1.807) is 0 Å². The Morgan fingerprint density at radius 1 is 1.13 bits per heavy atom. The average Bonchev–Trinajstić information content (AvgIpc) is 2.73. The molecule has 10 N–H and O–H groups in total. The van der Waals surface area contributed by atoms with Crippen molar-refractivity contribution in [1.82, 2.24) is 5.43 Å². The number of anilines is 3. The van der Waals surface area contributed by atoms with E-state index in [0.29, 0.717) is 5.69 Å². The summed E-state index contributed by atoms with van der Waals surface area (Å²) >= 11 is 0. The van der Waals surface area contributed by atoms with Gasteiger partial charge in [0.15, 0.2) is 0 Å². The van der Waals surface area contributed by atoms with Gasteiger partial charge in [-0.1, -0.05) is 12.1 Å². The highest BCUT2D eigenvalue weighted by Gasteiger charge is 2.28. The van der Waals surface area contributed by atoms with Crippen molar-refractivity contribution in [1.29, 1.82) is 0 Å². The van der Waals surface area contributed by atoms with E-state index in [9.17, 15) is 20.0 Å². The fourth-order valence-electron chi connectivity index (χ4n) is 2.76. The zero-order valence-corrected chi connectivity index (χ0v) is 15.7. The topological polar surface area (TPSA) is 225 Å². The van der Waals surface area contributed by atoms with Crippen LogP contribution in [-0.2, 0) is 4.79 Å². The lowest BCUT2D eigenvalue weighted by Crippen LogP contribution is -2.33. The number of nitrogens with zero attached hydrogens (tertiary/aromatic N) is 3. The molecule has 2 aromatic rings. The van der Waals surface area contributed by atoms with Gasteiger partial charge in [0, 0.05) is 12.1 Å². The first-order valence-corrected chi connectivity index (χ1v) is 8.59. The number of hydrogen-bond acceptors (Lipinski definition) is 10. The molecule has 2 aromatic carbocycles. The molecule has 0 aliphatic carbocycles. The van der Waals surface area contributed by atoms with Gasteiger partial charge < -0.3 is 27.2 Å². The van der Waals surface area contributed by atoms with Crippen LogP contribution in [0.1, 0.15) is 11.7 Å². The van der Waals surface area contributed by atoms with Crippen LogP contribution in [0.5, 0.6) is 0 Å². The number of amides is 1. The van der Waals surface area contributed by atoms with Crippen LogP contribution in [0.15, 0.2) is 59.0 Å². The molecule has 1 aliphatic rings. The lowest BCUT2D eigenvalue weighted by molar-refractivity contribution is -0.384. The largest absolute Gasteiger partial charge is 0.382 e. The Morgan fingerprint density at radius 3 is 2.39 bits per heavy atom. The maximum atomic E-state index is 12.7. The van der Waals surface area contributed by atoms with Gasteiger partial charge in [0.2, 0.25) is 5.96 Å². The summed E-state index contributed by atoms with van der Waals surface area (Å²) in [6.07, 6.45) is -1.45. The van der Waals surface area contributed by atoms with E-state index in [-0.39, 0.29) is 45.2 Å². The number of carbonyl (C=O) groups is 1. The fraction of sp³-hybridized carbons (Fsp3) is 0.0588. The Kier molecular flexibility index (Phi) is 5.87. The zero-order chi connectivity index (χ0) is 22.7. The number of nitro groups is 1. The summed E-state index contributed by atoms with van der Waals surface area (Å²) in [5, 5.41) is 48.7. The number of nitrogens with one attached hydrogen (secondary N) is 3. The Hall–Kier alpha value is -4.40. The molecule has 0 aromatic heterocycles. The molecule has 31 heavy (non-hydrogen) atoms. The van der Waals surface area contributed by atoms with Crippen molar-refractivity contribution in [3.63, 3.8) is 0 Å². The molecule has 3 rings (SSSR count). The summed E-state index contributed by atoms with van der Waals surface area (Å²) < 4.78 is 0. The number of nitrogens with two attached hydrogens (primary N) is 2. The van der Waals surface area contributed by atoms with Crippen LogP contribution in [0, 0.1) is 10.1 Å². The van der Waals surface area contributed by atoms with E-state index < -0.39 is 16.9 Å². The van der Waals surface area contributed by atoms with Crippen molar-refractivity contribution in [2.75, 3.05) is 15.9 Å². The summed E-state index contributed by atoms with van der Waals surface area (Å²) in [4.78, 5) is 23.0. The van der Waals surface area contributed by atoms with Crippen LogP contribution in [0.4, 0.5) is 22.7 Å². The van der Waals surface area contributed by atoms with Crippen LogP contribution in [0.2, 0.25) is 0 Å². The first-order valence-electron chi connectivity index (χ1n) is 8.59. The molecule has 1 atom stereocenters. The average molecular weight is 430 g/mol. The van der Waals surface area contributed by atoms with E-state index >= 15 is 0 Å². The number of aliphatic hydroxyl groups excluding tert-OH is 1. The lowest BCUT2D eigenvalue weighted by atomic mass is 10.0. The Morgan fingerprint density at radius 2 is 1.81 bits per heavy atom. The number of guanidine groups is 1. The SMILES string of the molecule is NC(N)=NN/C(=C1\Nc2ccc([N+](=O)[O-])cc2NC1=O)C(O)c1ccc(N(O)O)cc1. The summed E-state index contributed by atoms with van der Waals surface area (Å²) in [6.45, 7) is 0. The van der Waals surface area contributed by atoms with Crippen LogP contribution in [0.25, 0.3) is 0 Å². The normalized spacial score (nSPS) is 15.0. The number of aliphatic hydroxyl groups is 1. The predicted octanol–water partition coefficient (Wildman–Crippen LogP) is 0.267. The van der Waals surface area contributed by atoms with Gasteiger partial charge in [0.1, 0.15) is 11.8 Å². The Bertz CT molecular complexity index is 1080. The minimum Gasteiger partial charge on any atom is -0.382 e. The molecule has 1 amide bonds. The van der Waals surface area contributed by atoms with Gasteiger partial charge in [-0.05, 0) is 23.8 Å². The molecule has 0 radical (unpaired) electrons. The maximum Gasteiger partial charge on any atom is 0.274 e. The first-order chi connectivity index (χ1) is 14.7. The highest BCUT2D eigenvalue weighted by molar-refractivity contribution is 6.11. The number of carbonyl (C=O) groups excluding carboxylic acids is 1. The van der Waals surface area contributed by atoms with Crippen molar-refractivity contribution in [2.24, 2.45) is 16.6 Å². The number of benzene rings is 2. The summed E-state index contributed by atoms with van der Waals surface area (Å²) in [6, 6.07) is 9.21. The highest BCUT2D eigenvalue weighted by atomic mass is 16.8. The number of fused-ring (bicyclic) bond motifs is 1. The van der Waals surface area contributed by atoms with Crippen LogP contribution < -0.4 is 32.8 Å². The molecular weight excluding hydrogens is 412 g/mol. The monoisotopic (exact) mass is 430 g/mol. The molecule has 0 saturated carbocycles. The number of rotatable bonds is 6. The molecule has 1 heterocycles. The molecular formula is C17H18N8O6. The number of non-ortho nitro benzene ring substituents is 1. The van der Waals surface area contributed by atoms with Gasteiger partial charge >= 0.3 is 0 Å². The van der Waals surface area contributed by atoms with E-state index in [2.05, 4.69) is 21.2 Å². The fourth-order valence-corrected chi connectivity index (χ4v) is 2.76. The van der Waals surface area contributed by atoms with E-state index in [0.717, 1.165) is 0 Å². The van der Waals surface area contributed by atoms with Gasteiger partial charge in [-0.2, -0.15) is 0 Å². The van der Waals surface area contributed by atoms with Crippen molar-refractivity contribution in [3.8, 4) is 0 Å². The minimum absolute atomic E-state index is 0.0337. The molecule has 0 spiro atoms. The summed E-state index contributed by atoms with van der Waals surface area (Å²) in [7, 11) is 0. The maximum absolute atomic E-state index is 12.7. The van der Waals surface area contributed by atoms with Gasteiger partial charge in [0.25, 0.3) is 11.6 Å². The molecule has 14 nitrogen and oxygen atoms in total. The third-order valence-corrected chi connectivity index (χ3v) is 4.24. The van der Waals surface area contributed by atoms with E-state index in [4.69, 9.17) is 21.9 Å². The lowest BCUT2D eigenvalue weighted by Gasteiger charge is -2.25. The zero-order valence-electron chi connectivity index (χ0n) is 15.7. The second kappa shape index (κ2) is 8.54. The van der Waals surface area contributed by atoms with Gasteiger partial charge in [-0.25, -0.2) is 0 Å². The highest BCUT2D eigenvalue weighted by Crippen LogP contribution is 2.34. The third kappa shape index (κ3) is 4.61. The first kappa shape index (κ1) is 21.3. The number of nitro benzene ring substituents is 1. The van der Waals surface area contributed by atoms with E-state index in [1.807, 2.05) is 0 Å². The van der Waals surface area contributed by atoms with Crippen LogP contribution in [-0.4, -0.2) is 32.3 Å². The molecule has 0 bridgehead atoms. The predicted molar refractivity (Wildman–Crippen MR) is 109 cm³/mol. The summed E-state index contributed by atoms with van der Waals surface area (Å²) in [5.41, 5.74) is 13.4. The quantitative estimate of drug-likeness (QED) is 0.102. The van der Waals surface area contributed by atoms with Crippen molar-refractivity contribution >= 4 is 34.6 Å². The molecule has 1 aliphatic heterocycles. The molecule has 1 unspecified atom stereocenters. The van der Waals surface area contributed by atoms with Crippen molar-refractivity contribution in [2.45, 2.75) is 6.10 Å². The molecule has 14 heteroatoms. The molecule has 162 valence electrons.